The normalized spacial score (nSPS) is 16.8. The van der Waals surface area contributed by atoms with Crippen LogP contribution in [0.4, 0.5) is 24.9 Å². The predicted octanol–water partition coefficient (Wildman–Crippen LogP) is 4.95. The third kappa shape index (κ3) is 3.83. The number of benzene rings is 2. The van der Waals surface area contributed by atoms with Crippen LogP contribution in [0.25, 0.3) is 11.3 Å². The van der Waals surface area contributed by atoms with Crippen LogP contribution in [0.3, 0.4) is 0 Å². The van der Waals surface area contributed by atoms with Crippen molar-refractivity contribution in [3.8, 4) is 11.3 Å². The maximum atomic E-state index is 12.7. The summed E-state index contributed by atoms with van der Waals surface area (Å²) in [5.74, 6) is 0.375. The van der Waals surface area contributed by atoms with E-state index in [0.717, 1.165) is 36.2 Å². The van der Waals surface area contributed by atoms with Crippen molar-refractivity contribution in [2.24, 2.45) is 0 Å². The van der Waals surface area contributed by atoms with Gasteiger partial charge in [-0.15, -0.1) is 0 Å². The molecule has 1 atom stereocenters. The Morgan fingerprint density at radius 3 is 2.59 bits per heavy atom. The van der Waals surface area contributed by atoms with E-state index in [-0.39, 0.29) is 12.1 Å². The van der Waals surface area contributed by atoms with Gasteiger partial charge in [-0.2, -0.15) is 13.2 Å². The molecule has 2 aromatic carbocycles. The van der Waals surface area contributed by atoms with Crippen molar-refractivity contribution in [2.45, 2.75) is 31.5 Å². The van der Waals surface area contributed by atoms with E-state index in [1.807, 2.05) is 18.2 Å². The van der Waals surface area contributed by atoms with Crippen LogP contribution in [0.5, 0.6) is 0 Å². The van der Waals surface area contributed by atoms with E-state index < -0.39 is 11.7 Å². The van der Waals surface area contributed by atoms with Crippen LogP contribution in [-0.4, -0.2) is 16.2 Å². The number of oxazole rings is 1. The lowest BCUT2D eigenvalue weighted by Crippen LogP contribution is -2.18. The minimum Gasteiger partial charge on any atom is -0.423 e. The summed E-state index contributed by atoms with van der Waals surface area (Å²) in [6.45, 7) is 0. The molecule has 0 saturated carbocycles. The Balaban J connectivity index is 1.51. The van der Waals surface area contributed by atoms with Gasteiger partial charge < -0.3 is 14.8 Å². The van der Waals surface area contributed by atoms with E-state index >= 15 is 0 Å². The standard InChI is InChI=1S/C20H17F3N2O2/c21-20(22,23)15-5-1-13(2-6-15)18-11-24-19(27-18)25-16-7-3-12-4-8-17(26)10-14(12)9-16/h1-3,5-7,9,11,17,26H,4,8,10H2,(H,24,25)/t17-/m1/s1. The average Bonchev–Trinajstić information content (AvgIpc) is 3.09. The number of halogens is 3. The average molecular weight is 374 g/mol. The molecule has 0 aliphatic heterocycles. The summed E-state index contributed by atoms with van der Waals surface area (Å²) in [5, 5.41) is 12.9. The van der Waals surface area contributed by atoms with Gasteiger partial charge in [0.05, 0.1) is 17.9 Å². The summed E-state index contributed by atoms with van der Waals surface area (Å²) in [6.07, 6.45) is -0.975. The van der Waals surface area contributed by atoms with Crippen LogP contribution in [0, 0.1) is 0 Å². The number of fused-ring (bicyclic) bond motifs is 1. The van der Waals surface area contributed by atoms with Crippen LogP contribution < -0.4 is 5.32 Å². The number of anilines is 2. The zero-order valence-electron chi connectivity index (χ0n) is 14.3. The molecule has 0 amide bonds. The van der Waals surface area contributed by atoms with Crippen molar-refractivity contribution in [1.29, 1.82) is 0 Å². The van der Waals surface area contributed by atoms with Gasteiger partial charge in [0, 0.05) is 11.3 Å². The minimum atomic E-state index is -4.37. The molecule has 27 heavy (non-hydrogen) atoms. The molecule has 0 bridgehead atoms. The van der Waals surface area contributed by atoms with Crippen molar-refractivity contribution in [3.63, 3.8) is 0 Å². The summed E-state index contributed by atoms with van der Waals surface area (Å²) in [4.78, 5) is 4.14. The molecule has 4 nitrogen and oxygen atoms in total. The van der Waals surface area contributed by atoms with Gasteiger partial charge in [0.25, 0.3) is 6.01 Å². The van der Waals surface area contributed by atoms with Gasteiger partial charge in [0.2, 0.25) is 0 Å². The lowest BCUT2D eigenvalue weighted by Gasteiger charge is -2.21. The van der Waals surface area contributed by atoms with E-state index in [9.17, 15) is 18.3 Å². The molecule has 3 aromatic rings. The first-order chi connectivity index (χ1) is 12.9. The van der Waals surface area contributed by atoms with Gasteiger partial charge in [-0.1, -0.05) is 18.2 Å². The highest BCUT2D eigenvalue weighted by Gasteiger charge is 2.30. The Kier molecular flexibility index (Phi) is 4.39. The number of nitrogens with one attached hydrogen (secondary N) is 1. The first-order valence-electron chi connectivity index (χ1n) is 8.59. The fraction of sp³-hybridized carbons (Fsp3) is 0.250. The van der Waals surface area contributed by atoms with E-state index in [1.54, 1.807) is 0 Å². The zero-order chi connectivity index (χ0) is 19.0. The molecular formula is C20H17F3N2O2. The maximum absolute atomic E-state index is 12.7. The Bertz CT molecular complexity index is 949. The SMILES string of the molecule is O[C@@H]1CCc2ccc(Nc3ncc(-c4ccc(C(F)(F)F)cc4)o3)cc2C1. The molecular weight excluding hydrogens is 357 g/mol. The van der Waals surface area contributed by atoms with Crippen LogP contribution in [-0.2, 0) is 19.0 Å². The van der Waals surface area contributed by atoms with E-state index in [1.165, 1.54) is 23.9 Å². The number of rotatable bonds is 3. The topological polar surface area (TPSA) is 58.3 Å². The molecule has 4 rings (SSSR count). The highest BCUT2D eigenvalue weighted by Crippen LogP contribution is 2.32. The molecule has 1 aliphatic carbocycles. The second-order valence-electron chi connectivity index (χ2n) is 6.61. The summed E-state index contributed by atoms with van der Waals surface area (Å²) >= 11 is 0. The first-order valence-corrected chi connectivity index (χ1v) is 8.59. The van der Waals surface area contributed by atoms with E-state index in [2.05, 4.69) is 10.3 Å². The minimum absolute atomic E-state index is 0.251. The number of aliphatic hydroxyl groups excluding tert-OH is 1. The summed E-state index contributed by atoms with van der Waals surface area (Å²) < 4.78 is 43.6. The number of nitrogens with zero attached hydrogens (tertiary/aromatic N) is 1. The van der Waals surface area contributed by atoms with Gasteiger partial charge in [-0.05, 0) is 54.7 Å². The van der Waals surface area contributed by atoms with Crippen LogP contribution in [0.15, 0.2) is 53.1 Å². The quantitative estimate of drug-likeness (QED) is 0.681. The highest BCUT2D eigenvalue weighted by atomic mass is 19.4. The molecule has 0 unspecified atom stereocenters. The summed E-state index contributed by atoms with van der Waals surface area (Å²) in [5.41, 5.74) is 2.90. The number of aryl methyl sites for hydroxylation is 1. The first kappa shape index (κ1) is 17.6. The molecule has 140 valence electrons. The Morgan fingerprint density at radius 1 is 1.07 bits per heavy atom. The van der Waals surface area contributed by atoms with Crippen molar-refractivity contribution in [3.05, 3.63) is 65.4 Å². The fourth-order valence-corrected chi connectivity index (χ4v) is 3.23. The van der Waals surface area contributed by atoms with Crippen molar-refractivity contribution < 1.29 is 22.7 Å². The Hall–Kier alpha value is -2.80. The maximum Gasteiger partial charge on any atom is 0.416 e. The second-order valence-corrected chi connectivity index (χ2v) is 6.61. The second kappa shape index (κ2) is 6.74. The van der Waals surface area contributed by atoms with E-state index in [4.69, 9.17) is 4.42 Å². The molecule has 7 heteroatoms. The number of alkyl halides is 3. The van der Waals surface area contributed by atoms with Crippen molar-refractivity contribution in [1.82, 2.24) is 4.98 Å². The third-order valence-corrected chi connectivity index (χ3v) is 4.66. The van der Waals surface area contributed by atoms with Crippen LogP contribution in [0.2, 0.25) is 0 Å². The Labute approximate surface area is 153 Å². The third-order valence-electron chi connectivity index (χ3n) is 4.66. The molecule has 2 N–H and O–H groups in total. The van der Waals surface area contributed by atoms with Crippen molar-refractivity contribution in [2.75, 3.05) is 5.32 Å². The molecule has 0 fully saturated rings. The van der Waals surface area contributed by atoms with Gasteiger partial charge >= 0.3 is 6.18 Å². The van der Waals surface area contributed by atoms with Gasteiger partial charge in [0.1, 0.15) is 0 Å². The summed E-state index contributed by atoms with van der Waals surface area (Å²) in [7, 11) is 0. The molecule has 0 saturated heterocycles. The molecule has 1 aromatic heterocycles. The van der Waals surface area contributed by atoms with Gasteiger partial charge in [-0.3, -0.25) is 0 Å². The molecule has 0 radical (unpaired) electrons. The van der Waals surface area contributed by atoms with Crippen LogP contribution in [0.1, 0.15) is 23.1 Å². The molecule has 0 spiro atoms. The highest BCUT2D eigenvalue weighted by molar-refractivity contribution is 5.61. The number of aliphatic hydroxyl groups is 1. The summed E-state index contributed by atoms with van der Waals surface area (Å²) in [6, 6.07) is 10.9. The number of hydrogen-bond donors (Lipinski definition) is 2. The van der Waals surface area contributed by atoms with Gasteiger partial charge in [0.15, 0.2) is 5.76 Å². The fourth-order valence-electron chi connectivity index (χ4n) is 3.23. The largest absolute Gasteiger partial charge is 0.423 e. The van der Waals surface area contributed by atoms with Gasteiger partial charge in [-0.25, -0.2) is 4.98 Å². The zero-order valence-corrected chi connectivity index (χ0v) is 14.3. The van der Waals surface area contributed by atoms with Crippen molar-refractivity contribution >= 4 is 11.7 Å². The van der Waals surface area contributed by atoms with Crippen LogP contribution >= 0.6 is 0 Å². The predicted molar refractivity (Wildman–Crippen MR) is 94.7 cm³/mol. The lowest BCUT2D eigenvalue weighted by molar-refractivity contribution is -0.137. The lowest BCUT2D eigenvalue weighted by atomic mass is 9.89. The molecule has 1 aliphatic rings. The monoisotopic (exact) mass is 374 g/mol. The Morgan fingerprint density at radius 2 is 1.85 bits per heavy atom. The number of aromatic nitrogens is 1. The number of hydrogen-bond acceptors (Lipinski definition) is 4. The smallest absolute Gasteiger partial charge is 0.416 e. The van der Waals surface area contributed by atoms with E-state index in [0.29, 0.717) is 17.7 Å². The molecule has 1 heterocycles.